The highest BCUT2D eigenvalue weighted by Gasteiger charge is 2.30. The summed E-state index contributed by atoms with van der Waals surface area (Å²) < 4.78 is 46.8. The summed E-state index contributed by atoms with van der Waals surface area (Å²) in [6.07, 6.45) is 1.77. The van der Waals surface area contributed by atoms with Crippen LogP contribution in [-0.4, -0.2) is 22.0 Å². The molecule has 3 rings (SSSR count). The zero-order chi connectivity index (χ0) is 24.5. The molecule has 33 heavy (non-hydrogen) atoms. The summed E-state index contributed by atoms with van der Waals surface area (Å²) in [5, 5.41) is 12.9. The number of nitrogens with one attached hydrogen (secondary N) is 1. The van der Waals surface area contributed by atoms with Gasteiger partial charge in [0.05, 0.1) is 16.2 Å². The number of benzene rings is 2. The van der Waals surface area contributed by atoms with Crippen molar-refractivity contribution in [1.82, 2.24) is 0 Å². The van der Waals surface area contributed by atoms with Gasteiger partial charge in [-0.05, 0) is 85.9 Å². The van der Waals surface area contributed by atoms with E-state index in [4.69, 9.17) is 0 Å². The molecule has 6 nitrogen and oxygen atoms in total. The Balaban J connectivity index is 1.92. The minimum atomic E-state index is -2.94. The second-order valence-corrected chi connectivity index (χ2v) is 10.4. The first-order valence-corrected chi connectivity index (χ1v) is 12.0. The molecule has 1 saturated carbocycles. The maximum Gasteiger partial charge on any atom is 0.387 e. The van der Waals surface area contributed by atoms with Gasteiger partial charge in [-0.25, -0.2) is 9.00 Å². The number of thiol groups is 1. The van der Waals surface area contributed by atoms with Gasteiger partial charge in [0.1, 0.15) is 5.75 Å². The first kappa shape index (κ1) is 25.1. The van der Waals surface area contributed by atoms with Crippen molar-refractivity contribution in [3.63, 3.8) is 0 Å². The average molecular weight is 481 g/mol. The molecule has 0 spiro atoms. The number of alkyl halides is 2. The lowest BCUT2D eigenvalue weighted by atomic mass is 9.95. The van der Waals surface area contributed by atoms with E-state index in [0.717, 1.165) is 18.4 Å². The van der Waals surface area contributed by atoms with E-state index in [2.05, 4.69) is 14.4 Å². The fourth-order valence-corrected chi connectivity index (χ4v) is 4.56. The monoisotopic (exact) mass is 480 g/mol. The minimum Gasteiger partial charge on any atom is -0.435 e. The van der Waals surface area contributed by atoms with Gasteiger partial charge in [-0.1, -0.05) is 26.0 Å². The standard InChI is InChI=1S/C24H30F2N2O4S/c1-13(2)18-11-17(32-22(25)26)12-19(15-6-7-15)21(18)27-23(29)28-33(31)20-9-8-16(10-14(20)3)24(4,5)30/h8-13,15,22,30,33H,6-7H2,1-5H3,(H,27,29). The van der Waals surface area contributed by atoms with E-state index < -0.39 is 28.8 Å². The Kier molecular flexibility index (Phi) is 7.43. The Morgan fingerprint density at radius 2 is 1.91 bits per heavy atom. The van der Waals surface area contributed by atoms with E-state index >= 15 is 0 Å². The van der Waals surface area contributed by atoms with Crippen LogP contribution in [0.15, 0.2) is 39.6 Å². The molecule has 0 bridgehead atoms. The summed E-state index contributed by atoms with van der Waals surface area (Å²) in [5.41, 5.74) is 2.16. The smallest absolute Gasteiger partial charge is 0.387 e. The quantitative estimate of drug-likeness (QED) is 0.419. The van der Waals surface area contributed by atoms with Crippen LogP contribution in [0.5, 0.6) is 5.75 Å². The number of rotatable bonds is 7. The third kappa shape index (κ3) is 6.29. The normalized spacial score (nSPS) is 15.2. The molecule has 1 aliphatic rings. The van der Waals surface area contributed by atoms with E-state index in [1.54, 1.807) is 39.0 Å². The van der Waals surface area contributed by atoms with Gasteiger partial charge >= 0.3 is 12.6 Å². The Morgan fingerprint density at radius 1 is 1.24 bits per heavy atom. The van der Waals surface area contributed by atoms with Crippen molar-refractivity contribution in [3.8, 4) is 5.75 Å². The van der Waals surface area contributed by atoms with Gasteiger partial charge in [0.2, 0.25) is 0 Å². The number of nitrogens with zero attached hydrogens (tertiary/aromatic N) is 1. The Morgan fingerprint density at radius 3 is 2.42 bits per heavy atom. The number of anilines is 1. The molecular weight excluding hydrogens is 450 g/mol. The van der Waals surface area contributed by atoms with E-state index in [0.29, 0.717) is 27.3 Å². The number of amides is 2. The van der Waals surface area contributed by atoms with Crippen molar-refractivity contribution >= 4 is 22.3 Å². The van der Waals surface area contributed by atoms with Gasteiger partial charge in [0.25, 0.3) is 0 Å². The molecular formula is C24H30F2N2O4S. The number of carbonyl (C=O) groups is 1. The molecule has 0 aliphatic heterocycles. The average Bonchev–Trinajstić information content (AvgIpc) is 3.52. The van der Waals surface area contributed by atoms with E-state index in [-0.39, 0.29) is 17.6 Å². The molecule has 180 valence electrons. The second-order valence-electron chi connectivity index (χ2n) is 9.15. The predicted molar refractivity (Wildman–Crippen MR) is 125 cm³/mol. The lowest BCUT2D eigenvalue weighted by molar-refractivity contribution is -0.0499. The number of halogens is 2. The highest BCUT2D eigenvalue weighted by molar-refractivity contribution is 7.75. The molecule has 9 heteroatoms. The fourth-order valence-electron chi connectivity index (χ4n) is 3.67. The summed E-state index contributed by atoms with van der Waals surface area (Å²) in [5.74, 6) is 0.118. The van der Waals surface area contributed by atoms with E-state index in [1.807, 2.05) is 13.8 Å². The van der Waals surface area contributed by atoms with Crippen LogP contribution in [0, 0.1) is 6.92 Å². The number of aryl methyl sites for hydroxylation is 1. The van der Waals surface area contributed by atoms with Crippen LogP contribution in [0.3, 0.4) is 0 Å². The maximum atomic E-state index is 12.8. The van der Waals surface area contributed by atoms with Crippen molar-refractivity contribution in [2.75, 3.05) is 5.32 Å². The molecule has 0 aromatic heterocycles. The van der Waals surface area contributed by atoms with Crippen LogP contribution in [0.2, 0.25) is 0 Å². The van der Waals surface area contributed by atoms with Crippen molar-refractivity contribution < 1.29 is 27.6 Å². The minimum absolute atomic E-state index is 0.0548. The Labute approximate surface area is 194 Å². The zero-order valence-corrected chi connectivity index (χ0v) is 20.2. The van der Waals surface area contributed by atoms with Crippen LogP contribution in [0.4, 0.5) is 19.3 Å². The number of ether oxygens (including phenoxy) is 1. The molecule has 1 fully saturated rings. The lowest BCUT2D eigenvalue weighted by Crippen LogP contribution is -2.15. The number of aliphatic hydroxyl groups is 1. The van der Waals surface area contributed by atoms with E-state index in [9.17, 15) is 22.9 Å². The third-order valence-electron chi connectivity index (χ3n) is 5.56. The van der Waals surface area contributed by atoms with Crippen molar-refractivity contribution in [2.24, 2.45) is 4.36 Å². The summed E-state index contributed by atoms with van der Waals surface area (Å²) in [6, 6.07) is 7.24. The molecule has 1 atom stereocenters. The van der Waals surface area contributed by atoms with Gasteiger partial charge in [-0.3, -0.25) is 0 Å². The number of carbonyl (C=O) groups excluding carboxylic acids is 1. The van der Waals surface area contributed by atoms with Crippen molar-refractivity contribution in [3.05, 3.63) is 52.6 Å². The van der Waals surface area contributed by atoms with Gasteiger partial charge in [-0.2, -0.15) is 8.78 Å². The van der Waals surface area contributed by atoms with Gasteiger partial charge < -0.3 is 15.2 Å². The number of urea groups is 1. The molecule has 0 saturated heterocycles. The summed E-state index contributed by atoms with van der Waals surface area (Å²) in [4.78, 5) is 13.1. The molecule has 1 aliphatic carbocycles. The molecule has 2 amide bonds. The lowest BCUT2D eigenvalue weighted by Gasteiger charge is -2.19. The Bertz CT molecular complexity index is 1110. The molecule has 1 unspecified atom stereocenters. The zero-order valence-electron chi connectivity index (χ0n) is 19.4. The summed E-state index contributed by atoms with van der Waals surface area (Å²) in [7, 11) is -2.38. The predicted octanol–water partition coefficient (Wildman–Crippen LogP) is 6.08. The van der Waals surface area contributed by atoms with Crippen LogP contribution in [-0.2, 0) is 16.2 Å². The first-order valence-electron chi connectivity index (χ1n) is 10.8. The number of hydrogen-bond acceptors (Lipinski definition) is 4. The van der Waals surface area contributed by atoms with Crippen LogP contribution >= 0.6 is 0 Å². The second kappa shape index (κ2) is 9.77. The van der Waals surface area contributed by atoms with Crippen molar-refractivity contribution in [2.45, 2.75) is 76.4 Å². The third-order valence-corrected chi connectivity index (χ3v) is 6.84. The molecule has 2 aromatic rings. The van der Waals surface area contributed by atoms with Gasteiger partial charge in [0.15, 0.2) is 0 Å². The topological polar surface area (TPSA) is 88.0 Å². The molecule has 2 aromatic carbocycles. The molecule has 0 heterocycles. The Hall–Kier alpha value is -2.52. The summed E-state index contributed by atoms with van der Waals surface area (Å²) >= 11 is 0. The highest BCUT2D eigenvalue weighted by Crippen LogP contribution is 2.47. The fraction of sp³-hybridized carbons (Fsp3) is 0.458. The summed E-state index contributed by atoms with van der Waals surface area (Å²) in [6.45, 7) is 5.89. The van der Waals surface area contributed by atoms with Crippen LogP contribution in [0.25, 0.3) is 0 Å². The molecule has 0 radical (unpaired) electrons. The van der Waals surface area contributed by atoms with Crippen molar-refractivity contribution in [1.29, 1.82) is 0 Å². The van der Waals surface area contributed by atoms with Gasteiger partial charge in [0, 0.05) is 10.6 Å². The van der Waals surface area contributed by atoms with Gasteiger partial charge in [-0.15, -0.1) is 4.36 Å². The van der Waals surface area contributed by atoms with Crippen LogP contribution in [0.1, 0.15) is 74.6 Å². The SMILES string of the molecule is Cc1cc(C(C)(C)O)ccc1/[SH](=O)=N/C(=O)Nc1c(C(C)C)cc(OC(F)F)cc1C1CC1. The molecule has 2 N–H and O–H groups in total. The van der Waals surface area contributed by atoms with E-state index in [1.165, 1.54) is 12.1 Å². The highest BCUT2D eigenvalue weighted by atomic mass is 32.2. The number of hydrogen-bond donors (Lipinski definition) is 3. The van der Waals surface area contributed by atoms with Crippen LogP contribution < -0.4 is 10.1 Å². The first-order chi connectivity index (χ1) is 15.4. The maximum absolute atomic E-state index is 12.8. The largest absolute Gasteiger partial charge is 0.435 e.